The van der Waals surface area contributed by atoms with Crippen molar-refractivity contribution in [3.63, 3.8) is 0 Å². The van der Waals surface area contributed by atoms with Gasteiger partial charge in [-0.25, -0.2) is 4.79 Å². The smallest absolute Gasteiger partial charge is 0.413 e. The maximum Gasteiger partial charge on any atom is 0.413 e. The summed E-state index contributed by atoms with van der Waals surface area (Å²) in [5.41, 5.74) is 0. The van der Waals surface area contributed by atoms with Crippen molar-refractivity contribution in [2.45, 2.75) is 38.2 Å². The molecule has 1 amide bonds. The number of carbonyl (C=O) groups excluding carboxylic acids is 1. The van der Waals surface area contributed by atoms with Gasteiger partial charge in [0.05, 0.1) is 0 Å². The van der Waals surface area contributed by atoms with Crippen LogP contribution in [0.4, 0.5) is 4.79 Å². The maximum absolute atomic E-state index is 11.4. The van der Waals surface area contributed by atoms with Gasteiger partial charge in [-0.3, -0.25) is 5.32 Å². The third-order valence-corrected chi connectivity index (χ3v) is 2.69. The molecule has 0 atom stereocenters. The minimum absolute atomic E-state index is 0.0518. The van der Waals surface area contributed by atoms with E-state index in [0.29, 0.717) is 6.54 Å². The predicted molar refractivity (Wildman–Crippen MR) is 67.3 cm³/mol. The van der Waals surface area contributed by atoms with E-state index < -0.39 is 6.09 Å². The molecule has 4 nitrogen and oxygen atoms in total. The molecule has 1 rings (SSSR count). The van der Waals surface area contributed by atoms with Crippen LogP contribution in [-0.4, -0.2) is 23.9 Å². The Morgan fingerprint density at radius 1 is 1.44 bits per heavy atom. The highest BCUT2D eigenvalue weighted by molar-refractivity contribution is 7.80. The topological polar surface area (TPSA) is 50.4 Å². The lowest BCUT2D eigenvalue weighted by atomic mass is 9.98. The third kappa shape index (κ3) is 5.11. The van der Waals surface area contributed by atoms with Gasteiger partial charge in [0.25, 0.3) is 0 Å². The fourth-order valence-corrected chi connectivity index (χ4v) is 1.83. The number of hydrogen-bond acceptors (Lipinski definition) is 3. The molecule has 0 aromatic carbocycles. The first-order valence-electron chi connectivity index (χ1n) is 5.58. The Hall–Kier alpha value is -1.10. The van der Waals surface area contributed by atoms with Crippen molar-refractivity contribution in [1.29, 1.82) is 0 Å². The second-order valence-electron chi connectivity index (χ2n) is 3.79. The molecule has 16 heavy (non-hydrogen) atoms. The Morgan fingerprint density at radius 2 is 2.12 bits per heavy atom. The summed E-state index contributed by atoms with van der Waals surface area (Å²) in [5, 5.41) is 5.55. The van der Waals surface area contributed by atoms with Crippen LogP contribution in [0.25, 0.3) is 0 Å². The first kappa shape index (κ1) is 13.0. The molecule has 0 aliphatic heterocycles. The molecule has 0 heterocycles. The van der Waals surface area contributed by atoms with Crippen LogP contribution in [0, 0.1) is 0 Å². The number of amides is 1. The molecule has 1 aliphatic rings. The zero-order valence-corrected chi connectivity index (χ0v) is 10.1. The minimum Gasteiger partial charge on any atom is -0.446 e. The van der Waals surface area contributed by atoms with Crippen LogP contribution in [0.5, 0.6) is 0 Å². The number of hydrogen-bond donors (Lipinski definition) is 2. The predicted octanol–water partition coefficient (Wildman–Crippen LogP) is 2.11. The van der Waals surface area contributed by atoms with Crippen LogP contribution in [0.1, 0.15) is 32.1 Å². The second-order valence-corrected chi connectivity index (χ2v) is 4.20. The summed E-state index contributed by atoms with van der Waals surface area (Å²) >= 11 is 4.89. The van der Waals surface area contributed by atoms with E-state index >= 15 is 0 Å². The first-order valence-corrected chi connectivity index (χ1v) is 5.99. The largest absolute Gasteiger partial charge is 0.446 e. The molecule has 0 aromatic heterocycles. The molecule has 0 radical (unpaired) electrons. The number of nitrogens with one attached hydrogen (secondary N) is 2. The number of ether oxygens (including phenoxy) is 1. The lowest BCUT2D eigenvalue weighted by Crippen LogP contribution is -2.41. The van der Waals surface area contributed by atoms with Crippen molar-refractivity contribution in [2.75, 3.05) is 6.54 Å². The molecule has 0 aromatic rings. The van der Waals surface area contributed by atoms with Gasteiger partial charge in [-0.1, -0.05) is 12.5 Å². The van der Waals surface area contributed by atoms with Gasteiger partial charge in [-0.05, 0) is 37.9 Å². The average molecular weight is 242 g/mol. The van der Waals surface area contributed by atoms with E-state index in [-0.39, 0.29) is 11.2 Å². The zero-order valence-electron chi connectivity index (χ0n) is 9.33. The summed E-state index contributed by atoms with van der Waals surface area (Å²) < 4.78 is 5.24. The molecular weight excluding hydrogens is 224 g/mol. The first-order chi connectivity index (χ1) is 7.72. The van der Waals surface area contributed by atoms with E-state index in [1.165, 1.54) is 6.42 Å². The summed E-state index contributed by atoms with van der Waals surface area (Å²) in [6, 6.07) is 0. The van der Waals surface area contributed by atoms with Gasteiger partial charge in [0.15, 0.2) is 5.11 Å². The highest BCUT2D eigenvalue weighted by atomic mass is 32.1. The molecule has 5 heteroatoms. The minimum atomic E-state index is -0.464. The van der Waals surface area contributed by atoms with Crippen LogP contribution < -0.4 is 10.6 Å². The lowest BCUT2D eigenvalue weighted by molar-refractivity contribution is 0.0791. The van der Waals surface area contributed by atoms with Crippen LogP contribution in [-0.2, 0) is 4.74 Å². The van der Waals surface area contributed by atoms with Gasteiger partial charge in [0, 0.05) is 6.54 Å². The molecule has 1 aliphatic carbocycles. The van der Waals surface area contributed by atoms with Gasteiger partial charge < -0.3 is 10.1 Å². The van der Waals surface area contributed by atoms with Gasteiger partial charge in [-0.2, -0.15) is 0 Å². The van der Waals surface area contributed by atoms with Gasteiger partial charge in [-0.15, -0.1) is 6.58 Å². The van der Waals surface area contributed by atoms with Gasteiger partial charge in [0.1, 0.15) is 6.10 Å². The van der Waals surface area contributed by atoms with Crippen molar-refractivity contribution in [3.8, 4) is 0 Å². The summed E-state index contributed by atoms with van der Waals surface area (Å²) in [4.78, 5) is 11.4. The Balaban J connectivity index is 2.18. The SMILES string of the molecule is C=CCNC(=S)NC(=O)OC1CCCCC1. The summed E-state index contributed by atoms with van der Waals surface area (Å²) in [5.74, 6) is 0. The van der Waals surface area contributed by atoms with E-state index in [1.54, 1.807) is 6.08 Å². The second kappa shape index (κ2) is 7.22. The lowest BCUT2D eigenvalue weighted by Gasteiger charge is -2.21. The number of carbonyl (C=O) groups is 1. The fourth-order valence-electron chi connectivity index (χ4n) is 1.67. The Morgan fingerprint density at radius 3 is 2.75 bits per heavy atom. The Kier molecular flexibility index (Phi) is 5.85. The summed E-state index contributed by atoms with van der Waals surface area (Å²) in [7, 11) is 0. The summed E-state index contributed by atoms with van der Waals surface area (Å²) in [6.45, 7) is 4.07. The fraction of sp³-hybridized carbons (Fsp3) is 0.636. The van der Waals surface area contributed by atoms with Crippen molar-refractivity contribution >= 4 is 23.4 Å². The molecule has 1 fully saturated rings. The average Bonchev–Trinajstić information content (AvgIpc) is 2.27. The number of alkyl carbamates (subject to hydrolysis) is 1. The van der Waals surface area contributed by atoms with Crippen molar-refractivity contribution in [3.05, 3.63) is 12.7 Å². The highest BCUT2D eigenvalue weighted by Crippen LogP contribution is 2.20. The highest BCUT2D eigenvalue weighted by Gasteiger charge is 2.17. The molecule has 90 valence electrons. The van der Waals surface area contributed by atoms with E-state index in [4.69, 9.17) is 17.0 Å². The third-order valence-electron chi connectivity index (χ3n) is 2.45. The van der Waals surface area contributed by atoms with E-state index in [9.17, 15) is 4.79 Å². The van der Waals surface area contributed by atoms with Crippen LogP contribution in [0.15, 0.2) is 12.7 Å². The van der Waals surface area contributed by atoms with Crippen molar-refractivity contribution in [1.82, 2.24) is 10.6 Å². The van der Waals surface area contributed by atoms with Crippen LogP contribution in [0.2, 0.25) is 0 Å². The molecule has 0 spiro atoms. The molecule has 0 bridgehead atoms. The molecule has 2 N–H and O–H groups in total. The normalized spacial score (nSPS) is 16.2. The van der Waals surface area contributed by atoms with E-state index in [2.05, 4.69) is 17.2 Å². The maximum atomic E-state index is 11.4. The monoisotopic (exact) mass is 242 g/mol. The standard InChI is InChI=1S/C11H18N2O2S/c1-2-8-12-10(16)13-11(14)15-9-6-4-3-5-7-9/h2,9H,1,3-8H2,(H2,12,13,14,16). The van der Waals surface area contributed by atoms with Crippen LogP contribution >= 0.6 is 12.2 Å². The van der Waals surface area contributed by atoms with E-state index in [0.717, 1.165) is 25.7 Å². The van der Waals surface area contributed by atoms with Crippen molar-refractivity contribution < 1.29 is 9.53 Å². The summed E-state index contributed by atoms with van der Waals surface area (Å²) in [6.07, 6.45) is 6.68. The Bertz CT molecular complexity index is 263. The molecule has 0 saturated heterocycles. The van der Waals surface area contributed by atoms with Gasteiger partial charge in [0.2, 0.25) is 0 Å². The van der Waals surface area contributed by atoms with E-state index in [1.807, 2.05) is 0 Å². The van der Waals surface area contributed by atoms with Gasteiger partial charge >= 0.3 is 6.09 Å². The molecule has 0 unspecified atom stereocenters. The number of thiocarbonyl (C=S) groups is 1. The Labute approximate surface area is 101 Å². The molecule has 1 saturated carbocycles. The quantitative estimate of drug-likeness (QED) is 0.588. The van der Waals surface area contributed by atoms with Crippen molar-refractivity contribution in [2.24, 2.45) is 0 Å². The molecular formula is C11H18N2O2S. The zero-order chi connectivity index (χ0) is 11.8. The number of rotatable bonds is 3. The van der Waals surface area contributed by atoms with Crippen LogP contribution in [0.3, 0.4) is 0 Å².